The molecule has 4 unspecified atom stereocenters. The minimum absolute atomic E-state index is 0.411. The summed E-state index contributed by atoms with van der Waals surface area (Å²) in [6, 6.07) is 5.34. The number of aromatic nitrogens is 1. The van der Waals surface area contributed by atoms with Crippen molar-refractivity contribution in [3.63, 3.8) is 0 Å². The Bertz CT molecular complexity index is 701. The van der Waals surface area contributed by atoms with Gasteiger partial charge in [-0.15, -0.1) is 0 Å². The number of carboxylic acids is 1. The lowest BCUT2D eigenvalue weighted by Gasteiger charge is -2.44. The first-order valence-corrected chi connectivity index (χ1v) is 8.43. The van der Waals surface area contributed by atoms with Gasteiger partial charge in [0.1, 0.15) is 4.60 Å². The first-order chi connectivity index (χ1) is 11.4. The summed E-state index contributed by atoms with van der Waals surface area (Å²) in [5.74, 6) is -2.07. The van der Waals surface area contributed by atoms with Crippen molar-refractivity contribution in [3.05, 3.63) is 28.5 Å². The van der Waals surface area contributed by atoms with Crippen molar-refractivity contribution in [2.75, 3.05) is 13.7 Å². The standard InChI is InChI=1S/C17H20BrN3O3/c1-10-12(9-19)15(11-4-6-20-14(18)8-11)17(2,16(22)23)13(21-10)5-7-24-3/h4,6,8,12-13,15H,5,7H2,1-3H3,(H,22,23). The fourth-order valence-corrected chi connectivity index (χ4v) is 3.82. The molecule has 0 spiro atoms. The number of carbonyl (C=O) groups is 1. The van der Waals surface area contributed by atoms with Gasteiger partial charge >= 0.3 is 5.97 Å². The number of nitriles is 1. The molecule has 4 atom stereocenters. The number of hydrogen-bond acceptors (Lipinski definition) is 5. The average Bonchev–Trinajstić information content (AvgIpc) is 2.54. The minimum atomic E-state index is -1.21. The summed E-state index contributed by atoms with van der Waals surface area (Å²) < 4.78 is 5.73. The van der Waals surface area contributed by atoms with E-state index in [-0.39, 0.29) is 0 Å². The predicted octanol–water partition coefficient (Wildman–Crippen LogP) is 3.04. The molecule has 0 bridgehead atoms. The molecule has 0 saturated carbocycles. The Balaban J connectivity index is 2.63. The molecule has 0 aliphatic carbocycles. The highest BCUT2D eigenvalue weighted by molar-refractivity contribution is 9.10. The largest absolute Gasteiger partial charge is 0.481 e. The van der Waals surface area contributed by atoms with E-state index in [9.17, 15) is 15.2 Å². The Kier molecular flexibility index (Phi) is 5.73. The Labute approximate surface area is 149 Å². The molecular weight excluding hydrogens is 374 g/mol. The van der Waals surface area contributed by atoms with Crippen molar-refractivity contribution in [2.45, 2.75) is 32.2 Å². The number of carboxylic acid groups (broad SMARTS) is 1. The van der Waals surface area contributed by atoms with Crippen molar-refractivity contribution >= 4 is 27.6 Å². The van der Waals surface area contributed by atoms with Gasteiger partial charge in [-0.05, 0) is 53.9 Å². The van der Waals surface area contributed by atoms with E-state index in [1.807, 2.05) is 0 Å². The number of pyridine rings is 1. The quantitative estimate of drug-likeness (QED) is 0.775. The lowest BCUT2D eigenvalue weighted by Crippen LogP contribution is -2.51. The molecular formula is C17H20BrN3O3. The zero-order valence-corrected chi connectivity index (χ0v) is 15.4. The topological polar surface area (TPSA) is 95.6 Å². The van der Waals surface area contributed by atoms with Crippen LogP contribution in [0.15, 0.2) is 27.9 Å². The van der Waals surface area contributed by atoms with Crippen LogP contribution in [0.2, 0.25) is 0 Å². The Morgan fingerprint density at radius 1 is 1.58 bits per heavy atom. The van der Waals surface area contributed by atoms with E-state index in [0.717, 1.165) is 5.56 Å². The van der Waals surface area contributed by atoms with Crippen molar-refractivity contribution in [1.29, 1.82) is 5.26 Å². The van der Waals surface area contributed by atoms with E-state index < -0.39 is 29.3 Å². The van der Waals surface area contributed by atoms with Crippen LogP contribution in [0.4, 0.5) is 0 Å². The van der Waals surface area contributed by atoms with Gasteiger partial charge in [-0.3, -0.25) is 9.79 Å². The Morgan fingerprint density at radius 2 is 2.29 bits per heavy atom. The van der Waals surface area contributed by atoms with Gasteiger partial charge in [0.2, 0.25) is 0 Å². The van der Waals surface area contributed by atoms with Crippen LogP contribution in [0.3, 0.4) is 0 Å². The number of halogens is 1. The van der Waals surface area contributed by atoms with Crippen LogP contribution in [0, 0.1) is 22.7 Å². The lowest BCUT2D eigenvalue weighted by atomic mass is 9.60. The SMILES string of the molecule is COCCC1N=C(C)C(C#N)C(c2ccnc(Br)c2)C1(C)C(=O)O. The number of ether oxygens (including phenoxy) is 1. The van der Waals surface area contributed by atoms with Gasteiger partial charge in [-0.25, -0.2) is 4.98 Å². The molecule has 1 aliphatic rings. The number of hydrogen-bond donors (Lipinski definition) is 1. The molecule has 0 saturated heterocycles. The van der Waals surface area contributed by atoms with Crippen molar-refractivity contribution in [2.24, 2.45) is 16.3 Å². The zero-order valence-electron chi connectivity index (χ0n) is 13.9. The van der Waals surface area contributed by atoms with E-state index in [1.54, 1.807) is 39.3 Å². The molecule has 0 aromatic carbocycles. The number of aliphatic imine (C=N–C) groups is 1. The summed E-state index contributed by atoms with van der Waals surface area (Å²) in [6.07, 6.45) is 2.10. The summed E-state index contributed by atoms with van der Waals surface area (Å²) in [7, 11) is 1.58. The third kappa shape index (κ3) is 3.21. The minimum Gasteiger partial charge on any atom is -0.481 e. The van der Waals surface area contributed by atoms with Crippen LogP contribution in [0.25, 0.3) is 0 Å². The second-order valence-corrected chi connectivity index (χ2v) is 6.96. The zero-order chi connectivity index (χ0) is 17.9. The third-order valence-corrected chi connectivity index (χ3v) is 5.22. The van der Waals surface area contributed by atoms with Crippen LogP contribution in [0.1, 0.15) is 31.7 Å². The monoisotopic (exact) mass is 393 g/mol. The Morgan fingerprint density at radius 3 is 2.83 bits per heavy atom. The highest BCUT2D eigenvalue weighted by Crippen LogP contribution is 2.49. The third-order valence-electron chi connectivity index (χ3n) is 4.79. The maximum absolute atomic E-state index is 12.2. The molecule has 1 N–H and O–H groups in total. The van der Waals surface area contributed by atoms with Crippen LogP contribution in [-0.2, 0) is 9.53 Å². The highest BCUT2D eigenvalue weighted by atomic mass is 79.9. The molecule has 2 rings (SSSR count). The molecule has 1 aromatic rings. The van der Waals surface area contributed by atoms with Crippen molar-refractivity contribution in [1.82, 2.24) is 4.98 Å². The van der Waals surface area contributed by atoms with Gasteiger partial charge in [0.25, 0.3) is 0 Å². The van der Waals surface area contributed by atoms with Crippen LogP contribution < -0.4 is 0 Å². The van der Waals surface area contributed by atoms with Gasteiger partial charge in [-0.1, -0.05) is 0 Å². The number of methoxy groups -OCH3 is 1. The predicted molar refractivity (Wildman–Crippen MR) is 92.9 cm³/mol. The van der Waals surface area contributed by atoms with Gasteiger partial charge in [-0.2, -0.15) is 5.26 Å². The first-order valence-electron chi connectivity index (χ1n) is 7.64. The number of nitrogens with zero attached hydrogens (tertiary/aromatic N) is 3. The summed E-state index contributed by atoms with van der Waals surface area (Å²) in [4.78, 5) is 20.9. The summed E-state index contributed by atoms with van der Waals surface area (Å²) in [5, 5.41) is 19.7. The maximum Gasteiger partial charge on any atom is 0.312 e. The lowest BCUT2D eigenvalue weighted by molar-refractivity contribution is -0.151. The summed E-state index contributed by atoms with van der Waals surface area (Å²) in [5.41, 5.74) is 0.222. The molecule has 1 aliphatic heterocycles. The number of rotatable bonds is 5. The van der Waals surface area contributed by atoms with Gasteiger partial charge in [0.15, 0.2) is 0 Å². The normalized spacial score (nSPS) is 29.6. The van der Waals surface area contributed by atoms with E-state index in [1.165, 1.54) is 0 Å². The molecule has 24 heavy (non-hydrogen) atoms. The molecule has 0 radical (unpaired) electrons. The van der Waals surface area contributed by atoms with Gasteiger partial charge in [0, 0.05) is 31.5 Å². The molecule has 7 heteroatoms. The molecule has 0 fully saturated rings. The van der Waals surface area contributed by atoms with E-state index >= 15 is 0 Å². The first kappa shape index (κ1) is 18.6. The molecule has 1 aromatic heterocycles. The smallest absolute Gasteiger partial charge is 0.312 e. The molecule has 6 nitrogen and oxygen atoms in total. The number of aliphatic carboxylic acids is 1. The summed E-state index contributed by atoms with van der Waals surface area (Å²) >= 11 is 3.33. The van der Waals surface area contributed by atoms with Gasteiger partial charge in [0.05, 0.1) is 23.4 Å². The fraction of sp³-hybridized carbons (Fsp3) is 0.529. The van der Waals surface area contributed by atoms with Crippen LogP contribution in [-0.4, -0.2) is 41.5 Å². The van der Waals surface area contributed by atoms with E-state index in [0.29, 0.717) is 23.3 Å². The van der Waals surface area contributed by atoms with Crippen molar-refractivity contribution < 1.29 is 14.6 Å². The maximum atomic E-state index is 12.2. The van der Waals surface area contributed by atoms with Crippen LogP contribution in [0.5, 0.6) is 0 Å². The highest BCUT2D eigenvalue weighted by Gasteiger charge is 2.54. The van der Waals surface area contributed by atoms with Crippen molar-refractivity contribution in [3.8, 4) is 6.07 Å². The average molecular weight is 394 g/mol. The summed E-state index contributed by atoms with van der Waals surface area (Å²) in [6.45, 7) is 3.88. The second-order valence-electron chi connectivity index (χ2n) is 6.15. The van der Waals surface area contributed by atoms with Crippen LogP contribution >= 0.6 is 15.9 Å². The van der Waals surface area contributed by atoms with E-state index in [4.69, 9.17) is 4.74 Å². The Hall–Kier alpha value is -1.78. The molecule has 0 amide bonds. The molecule has 2 heterocycles. The second kappa shape index (κ2) is 7.41. The van der Waals surface area contributed by atoms with E-state index in [2.05, 4.69) is 32.0 Å². The van der Waals surface area contributed by atoms with Gasteiger partial charge < -0.3 is 9.84 Å². The fourth-order valence-electron chi connectivity index (χ4n) is 3.44. The molecule has 128 valence electrons.